The van der Waals surface area contributed by atoms with Crippen LogP contribution in [-0.4, -0.2) is 12.0 Å². The van der Waals surface area contributed by atoms with E-state index in [1.165, 1.54) is 34.0 Å². The zero-order chi connectivity index (χ0) is 13.4. The largest absolute Gasteiger partial charge is 0.307 e. The number of rotatable bonds is 3. The number of thiazole rings is 1. The first kappa shape index (κ1) is 13.7. The maximum absolute atomic E-state index is 4.82. The molecular formula is C14H14Br2N2S. The molecule has 1 N–H and O–H groups in total. The molecule has 1 aromatic carbocycles. The summed E-state index contributed by atoms with van der Waals surface area (Å²) in [6.07, 6.45) is 3.61. The van der Waals surface area contributed by atoms with Crippen molar-refractivity contribution in [1.82, 2.24) is 10.3 Å². The molecule has 100 valence electrons. The van der Waals surface area contributed by atoms with Crippen LogP contribution >= 0.6 is 43.2 Å². The smallest absolute Gasteiger partial charge is 0.115 e. The molecule has 5 heteroatoms. The van der Waals surface area contributed by atoms with Crippen LogP contribution in [0.5, 0.6) is 0 Å². The summed E-state index contributed by atoms with van der Waals surface area (Å²) in [5, 5.41) is 4.56. The number of fused-ring (bicyclic) bond motifs is 1. The van der Waals surface area contributed by atoms with Crippen molar-refractivity contribution < 1.29 is 0 Å². The molecule has 2 aromatic rings. The van der Waals surface area contributed by atoms with Gasteiger partial charge in [0.15, 0.2) is 0 Å². The fraction of sp³-hybridized carbons (Fsp3) is 0.357. The van der Waals surface area contributed by atoms with Gasteiger partial charge in [-0.05, 0) is 75.9 Å². The van der Waals surface area contributed by atoms with Gasteiger partial charge in [0.2, 0.25) is 0 Å². The quantitative estimate of drug-likeness (QED) is 0.820. The zero-order valence-electron chi connectivity index (χ0n) is 10.5. The predicted octanol–water partition coefficient (Wildman–Crippen LogP) is 4.47. The van der Waals surface area contributed by atoms with Gasteiger partial charge in [0.1, 0.15) is 5.01 Å². The van der Waals surface area contributed by atoms with Gasteiger partial charge >= 0.3 is 0 Å². The van der Waals surface area contributed by atoms with Crippen LogP contribution in [0.2, 0.25) is 0 Å². The number of aromatic nitrogens is 1. The van der Waals surface area contributed by atoms with Crippen molar-refractivity contribution >= 4 is 43.2 Å². The van der Waals surface area contributed by atoms with Gasteiger partial charge in [-0.3, -0.25) is 0 Å². The number of benzene rings is 1. The predicted molar refractivity (Wildman–Crippen MR) is 86.9 cm³/mol. The molecule has 3 rings (SSSR count). The van der Waals surface area contributed by atoms with Crippen molar-refractivity contribution in [2.45, 2.75) is 25.3 Å². The molecule has 0 saturated heterocycles. The SMILES string of the molecule is CNC(c1ccc(Br)c(Br)c1)c1nc2c(s1)CCC2. The fourth-order valence-corrected chi connectivity index (χ4v) is 4.39. The Labute approximate surface area is 133 Å². The van der Waals surface area contributed by atoms with Crippen LogP contribution in [0.1, 0.15) is 33.6 Å². The van der Waals surface area contributed by atoms with Crippen LogP contribution in [0.25, 0.3) is 0 Å². The average Bonchev–Trinajstić information content (AvgIpc) is 2.95. The molecule has 0 fully saturated rings. The minimum atomic E-state index is 0.181. The van der Waals surface area contributed by atoms with Gasteiger partial charge in [-0.25, -0.2) is 4.98 Å². The first-order valence-corrected chi connectivity index (χ1v) is 8.70. The number of nitrogens with one attached hydrogen (secondary N) is 1. The van der Waals surface area contributed by atoms with Crippen molar-refractivity contribution in [2.24, 2.45) is 0 Å². The number of aryl methyl sites for hydroxylation is 2. The van der Waals surface area contributed by atoms with E-state index in [2.05, 4.69) is 55.4 Å². The first-order valence-electron chi connectivity index (χ1n) is 6.29. The van der Waals surface area contributed by atoms with Gasteiger partial charge in [0.05, 0.1) is 11.7 Å². The summed E-state index contributed by atoms with van der Waals surface area (Å²) in [5.74, 6) is 0. The highest BCUT2D eigenvalue weighted by Gasteiger charge is 2.22. The fourth-order valence-electron chi connectivity index (χ4n) is 2.46. The molecule has 0 aliphatic heterocycles. The summed E-state index contributed by atoms with van der Waals surface area (Å²) in [4.78, 5) is 6.30. The van der Waals surface area contributed by atoms with Crippen molar-refractivity contribution in [1.29, 1.82) is 0 Å². The van der Waals surface area contributed by atoms with Crippen molar-refractivity contribution in [3.05, 3.63) is 48.3 Å². The summed E-state index contributed by atoms with van der Waals surface area (Å²) < 4.78 is 2.15. The van der Waals surface area contributed by atoms with Gasteiger partial charge < -0.3 is 5.32 Å². The third-order valence-corrected chi connectivity index (χ3v) is 6.53. The lowest BCUT2D eigenvalue weighted by molar-refractivity contribution is 0.682. The summed E-state index contributed by atoms with van der Waals surface area (Å²) in [7, 11) is 1.99. The lowest BCUT2D eigenvalue weighted by Crippen LogP contribution is -2.17. The molecule has 0 bridgehead atoms. The van der Waals surface area contributed by atoms with E-state index in [9.17, 15) is 0 Å². The highest BCUT2D eigenvalue weighted by atomic mass is 79.9. The van der Waals surface area contributed by atoms with Crippen molar-refractivity contribution in [2.75, 3.05) is 7.05 Å². The maximum Gasteiger partial charge on any atom is 0.115 e. The third-order valence-electron chi connectivity index (χ3n) is 3.42. The van der Waals surface area contributed by atoms with Crippen LogP contribution in [0.15, 0.2) is 27.1 Å². The Kier molecular flexibility index (Phi) is 4.08. The van der Waals surface area contributed by atoms with Crippen LogP contribution in [-0.2, 0) is 12.8 Å². The van der Waals surface area contributed by atoms with Crippen LogP contribution in [0.4, 0.5) is 0 Å². The van der Waals surface area contributed by atoms with Crippen LogP contribution in [0.3, 0.4) is 0 Å². The Morgan fingerprint density at radius 1 is 1.26 bits per heavy atom. The van der Waals surface area contributed by atoms with Crippen LogP contribution < -0.4 is 5.32 Å². The average molecular weight is 402 g/mol. The van der Waals surface area contributed by atoms with Gasteiger partial charge in [-0.15, -0.1) is 11.3 Å². The van der Waals surface area contributed by atoms with Gasteiger partial charge in [0, 0.05) is 13.8 Å². The summed E-state index contributed by atoms with van der Waals surface area (Å²) >= 11 is 8.94. The van der Waals surface area contributed by atoms with Gasteiger partial charge in [-0.2, -0.15) is 0 Å². The minimum Gasteiger partial charge on any atom is -0.307 e. The molecule has 0 radical (unpaired) electrons. The minimum absolute atomic E-state index is 0.181. The summed E-state index contributed by atoms with van der Waals surface area (Å²) in [5.41, 5.74) is 2.56. The van der Waals surface area contributed by atoms with E-state index in [1.807, 2.05) is 18.4 Å². The standard InChI is InChI=1S/C14H14Br2N2S/c1-17-13(8-5-6-9(15)10(16)7-8)14-18-11-3-2-4-12(11)19-14/h5-7,13,17H,2-4H2,1H3. The second-order valence-electron chi connectivity index (χ2n) is 4.67. The second kappa shape index (κ2) is 5.64. The molecule has 2 nitrogen and oxygen atoms in total. The van der Waals surface area contributed by atoms with E-state index in [4.69, 9.17) is 4.98 Å². The molecule has 1 aliphatic rings. The lowest BCUT2D eigenvalue weighted by atomic mass is 10.1. The Hall–Kier alpha value is -0.230. The third kappa shape index (κ3) is 2.66. The Balaban J connectivity index is 1.96. The topological polar surface area (TPSA) is 24.9 Å². The van der Waals surface area contributed by atoms with E-state index in [0.29, 0.717) is 0 Å². The normalized spacial score (nSPS) is 15.5. The lowest BCUT2D eigenvalue weighted by Gasteiger charge is -2.15. The molecule has 1 aromatic heterocycles. The molecule has 0 spiro atoms. The molecule has 19 heavy (non-hydrogen) atoms. The molecular weight excluding hydrogens is 388 g/mol. The molecule has 1 aliphatic carbocycles. The molecule has 1 atom stereocenters. The highest BCUT2D eigenvalue weighted by molar-refractivity contribution is 9.13. The number of hydrogen-bond acceptors (Lipinski definition) is 3. The number of nitrogens with zero attached hydrogens (tertiary/aromatic N) is 1. The Morgan fingerprint density at radius 3 is 2.79 bits per heavy atom. The van der Waals surface area contributed by atoms with E-state index in [1.54, 1.807) is 0 Å². The summed E-state index contributed by atoms with van der Waals surface area (Å²) in [6, 6.07) is 6.55. The van der Waals surface area contributed by atoms with Crippen molar-refractivity contribution in [3.8, 4) is 0 Å². The zero-order valence-corrected chi connectivity index (χ0v) is 14.5. The first-order chi connectivity index (χ1) is 9.19. The number of hydrogen-bond donors (Lipinski definition) is 1. The number of halogens is 2. The monoisotopic (exact) mass is 400 g/mol. The van der Waals surface area contributed by atoms with E-state index < -0.39 is 0 Å². The second-order valence-corrected chi connectivity index (χ2v) is 7.49. The molecule has 0 amide bonds. The van der Waals surface area contributed by atoms with E-state index in [0.717, 1.165) is 15.4 Å². The van der Waals surface area contributed by atoms with E-state index >= 15 is 0 Å². The molecule has 1 unspecified atom stereocenters. The van der Waals surface area contributed by atoms with Gasteiger partial charge in [0.25, 0.3) is 0 Å². The maximum atomic E-state index is 4.82. The van der Waals surface area contributed by atoms with E-state index in [-0.39, 0.29) is 6.04 Å². The van der Waals surface area contributed by atoms with Gasteiger partial charge in [-0.1, -0.05) is 6.07 Å². The van der Waals surface area contributed by atoms with Crippen molar-refractivity contribution in [3.63, 3.8) is 0 Å². The Bertz CT molecular complexity index is 588. The Morgan fingerprint density at radius 2 is 2.11 bits per heavy atom. The molecule has 1 heterocycles. The summed E-state index contributed by atoms with van der Waals surface area (Å²) in [6.45, 7) is 0. The highest BCUT2D eigenvalue weighted by Crippen LogP contribution is 2.34. The molecule has 0 saturated carbocycles. The van der Waals surface area contributed by atoms with Crippen LogP contribution in [0, 0.1) is 0 Å².